The Kier molecular flexibility index (Phi) is 2.54. The number of fused-ring (bicyclic) bond motifs is 2. The molecule has 1 unspecified atom stereocenters. The lowest BCUT2D eigenvalue weighted by Gasteiger charge is -2.42. The van der Waals surface area contributed by atoms with Gasteiger partial charge in [-0.05, 0) is 25.0 Å². The maximum absolute atomic E-state index is 6.02. The highest BCUT2D eigenvalue weighted by atomic mass is 32.2. The van der Waals surface area contributed by atoms with Crippen LogP contribution in [0.1, 0.15) is 18.9 Å². The minimum absolute atomic E-state index is 0.0284. The summed E-state index contributed by atoms with van der Waals surface area (Å²) in [6, 6.07) is 8.68. The maximum Gasteiger partial charge on any atom is 0.192 e. The molecule has 4 heteroatoms. The summed E-state index contributed by atoms with van der Waals surface area (Å²) in [5.41, 5.74) is 7.45. The van der Waals surface area contributed by atoms with Gasteiger partial charge in [-0.3, -0.25) is 4.99 Å². The van der Waals surface area contributed by atoms with Crippen LogP contribution in [-0.2, 0) is 5.54 Å². The molecule has 3 nitrogen and oxygen atoms in total. The molecule has 1 aromatic rings. The fourth-order valence-electron chi connectivity index (χ4n) is 2.95. The van der Waals surface area contributed by atoms with Crippen LogP contribution in [0, 0.1) is 0 Å². The van der Waals surface area contributed by atoms with Gasteiger partial charge < -0.3 is 10.6 Å². The van der Waals surface area contributed by atoms with E-state index in [1.54, 1.807) is 0 Å². The molecule has 0 saturated carbocycles. The Morgan fingerprint density at radius 2 is 2.29 bits per heavy atom. The van der Waals surface area contributed by atoms with E-state index >= 15 is 0 Å². The van der Waals surface area contributed by atoms with Gasteiger partial charge in [0.15, 0.2) is 5.96 Å². The van der Waals surface area contributed by atoms with Crippen molar-refractivity contribution in [2.45, 2.75) is 23.8 Å². The molecule has 2 aliphatic heterocycles. The highest BCUT2D eigenvalue weighted by Gasteiger charge is 2.45. The predicted molar refractivity (Wildman–Crippen MR) is 72.3 cm³/mol. The van der Waals surface area contributed by atoms with Gasteiger partial charge in [-0.1, -0.05) is 18.2 Å². The second kappa shape index (κ2) is 3.95. The van der Waals surface area contributed by atoms with E-state index < -0.39 is 0 Å². The van der Waals surface area contributed by atoms with Crippen molar-refractivity contribution in [2.24, 2.45) is 10.7 Å². The van der Waals surface area contributed by atoms with Crippen molar-refractivity contribution in [2.75, 3.05) is 18.8 Å². The van der Waals surface area contributed by atoms with Gasteiger partial charge in [0.25, 0.3) is 0 Å². The summed E-state index contributed by atoms with van der Waals surface area (Å²) in [5, 5.41) is 0. The Morgan fingerprint density at radius 1 is 1.47 bits per heavy atom. The zero-order valence-corrected chi connectivity index (χ0v) is 10.8. The average Bonchev–Trinajstić information content (AvgIpc) is 2.67. The standard InChI is InChI=1S/C13H17N3S/c1-2-16-12(14)15-9-13(16)7-8-17-11-6-4-3-5-10(11)13/h3-6H,2,7-9H2,1H3,(H2,14,15). The Balaban J connectivity index is 2.11. The Labute approximate surface area is 106 Å². The number of thioether (sulfide) groups is 1. The summed E-state index contributed by atoms with van der Waals surface area (Å²) in [5.74, 6) is 1.85. The Morgan fingerprint density at radius 3 is 3.12 bits per heavy atom. The molecular weight excluding hydrogens is 230 g/mol. The second-order valence-electron chi connectivity index (χ2n) is 4.54. The van der Waals surface area contributed by atoms with Crippen LogP contribution in [-0.4, -0.2) is 29.7 Å². The lowest BCUT2D eigenvalue weighted by molar-refractivity contribution is 0.197. The van der Waals surface area contributed by atoms with Crippen LogP contribution in [0.15, 0.2) is 34.2 Å². The predicted octanol–water partition coefficient (Wildman–Crippen LogP) is 2.03. The molecule has 0 bridgehead atoms. The van der Waals surface area contributed by atoms with Crippen LogP contribution in [0.3, 0.4) is 0 Å². The molecule has 2 N–H and O–H groups in total. The SMILES string of the molecule is CCN1C(N)=NCC12CCSc1ccccc12. The van der Waals surface area contributed by atoms with Crippen LogP contribution in [0.4, 0.5) is 0 Å². The highest BCUT2D eigenvalue weighted by molar-refractivity contribution is 7.99. The number of nitrogens with zero attached hydrogens (tertiary/aromatic N) is 2. The van der Waals surface area contributed by atoms with Crippen LogP contribution in [0.2, 0.25) is 0 Å². The third kappa shape index (κ3) is 1.47. The third-order valence-electron chi connectivity index (χ3n) is 3.77. The summed E-state index contributed by atoms with van der Waals surface area (Å²) in [6.07, 6.45) is 1.13. The van der Waals surface area contributed by atoms with E-state index in [-0.39, 0.29) is 5.54 Å². The van der Waals surface area contributed by atoms with Crippen molar-refractivity contribution < 1.29 is 0 Å². The normalized spacial score (nSPS) is 27.1. The van der Waals surface area contributed by atoms with Gasteiger partial charge in [0.2, 0.25) is 0 Å². The van der Waals surface area contributed by atoms with Gasteiger partial charge in [-0.2, -0.15) is 0 Å². The summed E-state index contributed by atoms with van der Waals surface area (Å²) in [7, 11) is 0. The van der Waals surface area contributed by atoms with Crippen molar-refractivity contribution in [3.05, 3.63) is 29.8 Å². The van der Waals surface area contributed by atoms with Gasteiger partial charge in [0.1, 0.15) is 0 Å². The quantitative estimate of drug-likeness (QED) is 0.825. The molecule has 0 aliphatic carbocycles. The largest absolute Gasteiger partial charge is 0.370 e. The van der Waals surface area contributed by atoms with E-state index in [9.17, 15) is 0 Å². The molecule has 1 atom stereocenters. The fraction of sp³-hybridized carbons (Fsp3) is 0.462. The number of likely N-dealkylation sites (N-methyl/N-ethyl adjacent to an activating group) is 1. The molecule has 0 fully saturated rings. The summed E-state index contributed by atoms with van der Waals surface area (Å²) in [4.78, 5) is 8.14. The molecule has 1 aromatic carbocycles. The summed E-state index contributed by atoms with van der Waals surface area (Å²) >= 11 is 1.94. The molecular formula is C13H17N3S. The fourth-order valence-corrected chi connectivity index (χ4v) is 4.20. The average molecular weight is 247 g/mol. The highest BCUT2D eigenvalue weighted by Crippen LogP contribution is 2.45. The smallest absolute Gasteiger partial charge is 0.192 e. The minimum Gasteiger partial charge on any atom is -0.370 e. The first-order valence-electron chi connectivity index (χ1n) is 6.08. The molecule has 2 heterocycles. The number of guanidine groups is 1. The van der Waals surface area contributed by atoms with E-state index in [1.165, 1.54) is 10.5 Å². The molecule has 0 radical (unpaired) electrons. The van der Waals surface area contributed by atoms with E-state index in [1.807, 2.05) is 11.8 Å². The van der Waals surface area contributed by atoms with E-state index in [4.69, 9.17) is 5.73 Å². The number of rotatable bonds is 1. The van der Waals surface area contributed by atoms with Crippen molar-refractivity contribution in [1.29, 1.82) is 0 Å². The number of nitrogens with two attached hydrogens (primary N) is 1. The topological polar surface area (TPSA) is 41.6 Å². The molecule has 0 aromatic heterocycles. The van der Waals surface area contributed by atoms with Gasteiger partial charge in [-0.15, -0.1) is 11.8 Å². The molecule has 3 rings (SSSR count). The van der Waals surface area contributed by atoms with E-state index in [2.05, 4.69) is 41.1 Å². The number of hydrogen-bond donors (Lipinski definition) is 1. The zero-order valence-electron chi connectivity index (χ0n) is 10.0. The third-order valence-corrected chi connectivity index (χ3v) is 4.85. The Hall–Kier alpha value is -1.16. The lowest BCUT2D eigenvalue weighted by atomic mass is 9.85. The van der Waals surface area contributed by atoms with Crippen LogP contribution < -0.4 is 5.73 Å². The summed E-state index contributed by atoms with van der Waals surface area (Å²) < 4.78 is 0. The Bertz CT molecular complexity index is 471. The van der Waals surface area contributed by atoms with Crippen molar-refractivity contribution in [3.63, 3.8) is 0 Å². The van der Waals surface area contributed by atoms with E-state index in [0.29, 0.717) is 5.96 Å². The monoisotopic (exact) mass is 247 g/mol. The first-order chi connectivity index (χ1) is 8.28. The zero-order chi connectivity index (χ0) is 11.9. The number of hydrogen-bond acceptors (Lipinski definition) is 4. The van der Waals surface area contributed by atoms with Crippen LogP contribution in [0.5, 0.6) is 0 Å². The molecule has 2 aliphatic rings. The molecule has 17 heavy (non-hydrogen) atoms. The van der Waals surface area contributed by atoms with Gasteiger partial charge in [0, 0.05) is 17.2 Å². The number of benzene rings is 1. The summed E-state index contributed by atoms with van der Waals surface area (Å²) in [6.45, 7) is 3.89. The first-order valence-corrected chi connectivity index (χ1v) is 7.06. The molecule has 0 saturated heterocycles. The molecule has 0 amide bonds. The minimum atomic E-state index is 0.0284. The maximum atomic E-state index is 6.02. The van der Waals surface area contributed by atoms with Crippen LogP contribution >= 0.6 is 11.8 Å². The van der Waals surface area contributed by atoms with E-state index in [0.717, 1.165) is 25.3 Å². The molecule has 1 spiro atoms. The van der Waals surface area contributed by atoms with Crippen molar-refractivity contribution in [1.82, 2.24) is 4.90 Å². The number of aliphatic imine (C=N–C) groups is 1. The van der Waals surface area contributed by atoms with Crippen molar-refractivity contribution >= 4 is 17.7 Å². The molecule has 90 valence electrons. The van der Waals surface area contributed by atoms with Crippen molar-refractivity contribution in [3.8, 4) is 0 Å². The van der Waals surface area contributed by atoms with Gasteiger partial charge in [0.05, 0.1) is 12.1 Å². The van der Waals surface area contributed by atoms with Gasteiger partial charge >= 0.3 is 0 Å². The lowest BCUT2D eigenvalue weighted by Crippen LogP contribution is -2.50. The second-order valence-corrected chi connectivity index (χ2v) is 5.68. The first kappa shape index (κ1) is 11.0. The van der Waals surface area contributed by atoms with Gasteiger partial charge in [-0.25, -0.2) is 0 Å². The van der Waals surface area contributed by atoms with Crippen LogP contribution in [0.25, 0.3) is 0 Å².